The molecule has 2 heterocycles. The molecule has 0 amide bonds. The third-order valence-electron chi connectivity index (χ3n) is 3.44. The second-order valence-corrected chi connectivity index (χ2v) is 5.88. The first kappa shape index (κ1) is 15.0. The lowest BCUT2D eigenvalue weighted by Gasteiger charge is -2.32. The van der Waals surface area contributed by atoms with Gasteiger partial charge in [0.1, 0.15) is 0 Å². The number of hydrogen-bond donors (Lipinski definition) is 2. The van der Waals surface area contributed by atoms with Crippen LogP contribution in [0.5, 0.6) is 0 Å². The zero-order valence-corrected chi connectivity index (χ0v) is 12.6. The molecule has 2 N–H and O–H groups in total. The molecule has 1 aliphatic rings. The van der Waals surface area contributed by atoms with Crippen LogP contribution in [0.15, 0.2) is 10.9 Å². The number of nitrogens with one attached hydrogen (secondary N) is 2. The first-order valence-electron chi connectivity index (χ1n) is 7.29. The summed E-state index contributed by atoms with van der Waals surface area (Å²) in [6.07, 6.45) is 0. The number of aromatic amines is 1. The molecule has 1 saturated heterocycles. The first-order chi connectivity index (χ1) is 9.54. The van der Waals surface area contributed by atoms with Crippen molar-refractivity contribution in [1.82, 2.24) is 20.2 Å². The molecule has 1 aromatic rings. The van der Waals surface area contributed by atoms with E-state index in [0.717, 1.165) is 38.4 Å². The maximum Gasteiger partial charge on any atom is 0.252 e. The molecule has 0 aliphatic carbocycles. The van der Waals surface area contributed by atoms with E-state index in [0.29, 0.717) is 18.4 Å². The Balaban J connectivity index is 2.02. The number of aromatic nitrogens is 2. The van der Waals surface area contributed by atoms with Crippen molar-refractivity contribution in [2.75, 3.05) is 44.7 Å². The minimum atomic E-state index is -0.0738. The highest BCUT2D eigenvalue weighted by atomic mass is 16.1. The molecular formula is C14H25N5O. The van der Waals surface area contributed by atoms with Crippen molar-refractivity contribution in [3.05, 3.63) is 22.1 Å². The Kier molecular flexibility index (Phi) is 5.14. The fourth-order valence-corrected chi connectivity index (χ4v) is 2.24. The van der Waals surface area contributed by atoms with Gasteiger partial charge in [0, 0.05) is 38.8 Å². The standard InChI is InChI=1S/C14H25N5O/c1-11(2)9-15-10-12-8-13(20)17-14(16-12)19-6-4-18(3)5-7-19/h8,11,15H,4-7,9-10H2,1-3H3,(H,16,17,20). The zero-order valence-electron chi connectivity index (χ0n) is 12.6. The normalized spacial score (nSPS) is 16.9. The lowest BCUT2D eigenvalue weighted by molar-refractivity contribution is 0.311. The lowest BCUT2D eigenvalue weighted by Crippen LogP contribution is -2.45. The molecule has 6 nitrogen and oxygen atoms in total. The minimum absolute atomic E-state index is 0.0738. The van der Waals surface area contributed by atoms with Gasteiger partial charge in [-0.3, -0.25) is 9.78 Å². The van der Waals surface area contributed by atoms with Gasteiger partial charge in [-0.1, -0.05) is 13.8 Å². The van der Waals surface area contributed by atoms with Gasteiger partial charge in [-0.2, -0.15) is 0 Å². The summed E-state index contributed by atoms with van der Waals surface area (Å²) in [6.45, 7) is 9.70. The van der Waals surface area contributed by atoms with E-state index in [9.17, 15) is 4.79 Å². The van der Waals surface area contributed by atoms with E-state index in [4.69, 9.17) is 0 Å². The molecule has 0 unspecified atom stereocenters. The Morgan fingerprint density at radius 2 is 2.05 bits per heavy atom. The summed E-state index contributed by atoms with van der Waals surface area (Å²) < 4.78 is 0. The monoisotopic (exact) mass is 279 g/mol. The number of piperazine rings is 1. The third-order valence-corrected chi connectivity index (χ3v) is 3.44. The van der Waals surface area contributed by atoms with Crippen molar-refractivity contribution < 1.29 is 0 Å². The van der Waals surface area contributed by atoms with Crippen molar-refractivity contribution >= 4 is 5.95 Å². The molecule has 20 heavy (non-hydrogen) atoms. The van der Waals surface area contributed by atoms with Crippen LogP contribution in [0.3, 0.4) is 0 Å². The predicted octanol–water partition coefficient (Wildman–Crippen LogP) is 0.267. The van der Waals surface area contributed by atoms with E-state index in [1.165, 1.54) is 0 Å². The van der Waals surface area contributed by atoms with Crippen LogP contribution < -0.4 is 15.8 Å². The smallest absolute Gasteiger partial charge is 0.252 e. The lowest BCUT2D eigenvalue weighted by atomic mass is 10.2. The largest absolute Gasteiger partial charge is 0.340 e. The maximum atomic E-state index is 11.8. The molecule has 0 atom stereocenters. The fourth-order valence-electron chi connectivity index (χ4n) is 2.24. The Bertz CT molecular complexity index is 477. The summed E-state index contributed by atoms with van der Waals surface area (Å²) in [7, 11) is 2.11. The second kappa shape index (κ2) is 6.85. The summed E-state index contributed by atoms with van der Waals surface area (Å²) in [5, 5.41) is 3.32. The van der Waals surface area contributed by atoms with Gasteiger partial charge in [0.15, 0.2) is 0 Å². The third kappa shape index (κ3) is 4.31. The maximum absolute atomic E-state index is 11.8. The molecule has 0 aromatic carbocycles. The molecule has 0 saturated carbocycles. The van der Waals surface area contributed by atoms with Gasteiger partial charge < -0.3 is 15.1 Å². The van der Waals surface area contributed by atoms with Gasteiger partial charge in [-0.25, -0.2) is 4.98 Å². The average Bonchev–Trinajstić information content (AvgIpc) is 2.38. The highest BCUT2D eigenvalue weighted by molar-refractivity contribution is 5.31. The summed E-state index contributed by atoms with van der Waals surface area (Å²) in [5.74, 6) is 1.29. The van der Waals surface area contributed by atoms with Crippen LogP contribution in [-0.4, -0.2) is 54.6 Å². The molecular weight excluding hydrogens is 254 g/mol. The van der Waals surface area contributed by atoms with Crippen molar-refractivity contribution in [1.29, 1.82) is 0 Å². The van der Waals surface area contributed by atoms with E-state index < -0.39 is 0 Å². The molecule has 0 bridgehead atoms. The highest BCUT2D eigenvalue weighted by Crippen LogP contribution is 2.09. The van der Waals surface area contributed by atoms with Crippen LogP contribution in [0, 0.1) is 5.92 Å². The molecule has 1 fully saturated rings. The Labute approximate surface area is 120 Å². The Morgan fingerprint density at radius 3 is 2.70 bits per heavy atom. The van der Waals surface area contributed by atoms with Crippen molar-refractivity contribution in [3.8, 4) is 0 Å². The molecule has 112 valence electrons. The Morgan fingerprint density at radius 1 is 1.35 bits per heavy atom. The molecule has 1 aliphatic heterocycles. The van der Waals surface area contributed by atoms with Crippen LogP contribution in [0.2, 0.25) is 0 Å². The fraction of sp³-hybridized carbons (Fsp3) is 0.714. The molecule has 0 spiro atoms. The van der Waals surface area contributed by atoms with Crippen LogP contribution in [-0.2, 0) is 6.54 Å². The van der Waals surface area contributed by atoms with Gasteiger partial charge in [0.05, 0.1) is 5.69 Å². The molecule has 6 heteroatoms. The molecule has 2 rings (SSSR count). The molecule has 0 radical (unpaired) electrons. The van der Waals surface area contributed by atoms with Crippen LogP contribution in [0.25, 0.3) is 0 Å². The summed E-state index contributed by atoms with van der Waals surface area (Å²) in [6, 6.07) is 1.58. The van der Waals surface area contributed by atoms with Crippen LogP contribution in [0.4, 0.5) is 5.95 Å². The van der Waals surface area contributed by atoms with E-state index in [1.807, 2.05) is 0 Å². The summed E-state index contributed by atoms with van der Waals surface area (Å²) >= 11 is 0. The predicted molar refractivity (Wildman–Crippen MR) is 81.1 cm³/mol. The van der Waals surface area contributed by atoms with Gasteiger partial charge in [-0.05, 0) is 19.5 Å². The van der Waals surface area contributed by atoms with Crippen molar-refractivity contribution in [3.63, 3.8) is 0 Å². The van der Waals surface area contributed by atoms with Gasteiger partial charge >= 0.3 is 0 Å². The highest BCUT2D eigenvalue weighted by Gasteiger charge is 2.16. The van der Waals surface area contributed by atoms with E-state index in [2.05, 4.69) is 46.0 Å². The minimum Gasteiger partial charge on any atom is -0.340 e. The summed E-state index contributed by atoms with van der Waals surface area (Å²) in [4.78, 5) is 23.6. The second-order valence-electron chi connectivity index (χ2n) is 5.88. The number of hydrogen-bond acceptors (Lipinski definition) is 5. The van der Waals surface area contributed by atoms with E-state index in [1.54, 1.807) is 6.07 Å². The quantitative estimate of drug-likeness (QED) is 0.810. The average molecular weight is 279 g/mol. The van der Waals surface area contributed by atoms with Crippen molar-refractivity contribution in [2.45, 2.75) is 20.4 Å². The number of H-pyrrole nitrogens is 1. The van der Waals surface area contributed by atoms with E-state index in [-0.39, 0.29) is 5.56 Å². The van der Waals surface area contributed by atoms with Gasteiger partial charge in [0.2, 0.25) is 5.95 Å². The topological polar surface area (TPSA) is 64.3 Å². The zero-order chi connectivity index (χ0) is 14.5. The number of likely N-dealkylation sites (N-methyl/N-ethyl adjacent to an activating group) is 1. The van der Waals surface area contributed by atoms with E-state index >= 15 is 0 Å². The van der Waals surface area contributed by atoms with Crippen molar-refractivity contribution in [2.24, 2.45) is 5.92 Å². The number of anilines is 1. The van der Waals surface area contributed by atoms with Crippen LogP contribution >= 0.6 is 0 Å². The molecule has 1 aromatic heterocycles. The van der Waals surface area contributed by atoms with Gasteiger partial charge in [0.25, 0.3) is 5.56 Å². The van der Waals surface area contributed by atoms with Crippen LogP contribution in [0.1, 0.15) is 19.5 Å². The first-order valence-corrected chi connectivity index (χ1v) is 7.29. The summed E-state index contributed by atoms with van der Waals surface area (Å²) in [5.41, 5.74) is 0.735. The number of rotatable bonds is 5. The van der Waals surface area contributed by atoms with Gasteiger partial charge in [-0.15, -0.1) is 0 Å². The number of nitrogens with zero attached hydrogens (tertiary/aromatic N) is 3. The Hall–Kier alpha value is -1.40. The SMILES string of the molecule is CC(C)CNCc1cc(=O)[nH]c(N2CCN(C)CC2)n1.